The molecular formula is C62H49F3N8O9. The van der Waals surface area contributed by atoms with Crippen LogP contribution in [0, 0.1) is 56.5 Å². The Balaban J connectivity index is 0.000000165. The van der Waals surface area contributed by atoms with E-state index in [1.165, 1.54) is 72.2 Å². The minimum Gasteiger partial charge on any atom is -0.478 e. The summed E-state index contributed by atoms with van der Waals surface area (Å²) >= 11 is 0. The average Bonchev–Trinajstić information content (AvgIpc) is 4.34. The van der Waals surface area contributed by atoms with Crippen molar-refractivity contribution in [2.24, 2.45) is 0 Å². The molecule has 17 nitrogen and oxygen atoms in total. The Hall–Kier alpha value is -11.2. The van der Waals surface area contributed by atoms with Gasteiger partial charge in [-0.2, -0.15) is 25.4 Å². The van der Waals surface area contributed by atoms with E-state index in [1.54, 1.807) is 105 Å². The fraction of sp³-hybridized carbons (Fsp3) is 0.0806. The third-order valence-electron chi connectivity index (χ3n) is 11.9. The first-order valence-corrected chi connectivity index (χ1v) is 24.4. The van der Waals surface area contributed by atoms with Crippen molar-refractivity contribution in [3.8, 4) is 51.1 Å². The molecule has 0 fully saturated rings. The number of nitrogens with zero attached hydrogens (tertiary/aromatic N) is 8. The number of hydrogen-bond acceptors (Lipinski definition) is 11. The van der Waals surface area contributed by atoms with Gasteiger partial charge in [0.2, 0.25) is 0 Å². The first kappa shape index (κ1) is 60.0. The lowest BCUT2D eigenvalue weighted by molar-refractivity contribution is 0.0680. The molecule has 0 saturated carbocycles. The van der Waals surface area contributed by atoms with E-state index in [4.69, 9.17) is 25.7 Å². The van der Waals surface area contributed by atoms with Crippen LogP contribution in [0.2, 0.25) is 0 Å². The number of carbonyl (C=O) groups excluding carboxylic acids is 1. The van der Waals surface area contributed by atoms with Gasteiger partial charge in [0.25, 0.3) is 0 Å². The molecule has 0 aliphatic carbocycles. The first-order valence-electron chi connectivity index (χ1n) is 24.4. The van der Waals surface area contributed by atoms with Crippen molar-refractivity contribution in [3.63, 3.8) is 0 Å². The monoisotopic (exact) mass is 1110 g/mol. The van der Waals surface area contributed by atoms with Crippen molar-refractivity contribution in [3.05, 3.63) is 256 Å². The van der Waals surface area contributed by atoms with Gasteiger partial charge in [-0.3, -0.25) is 14.8 Å². The Morgan fingerprint density at radius 1 is 0.476 bits per heavy atom. The van der Waals surface area contributed by atoms with Gasteiger partial charge in [-0.25, -0.2) is 37.0 Å². The highest BCUT2D eigenvalue weighted by Gasteiger charge is 2.22. The molecule has 10 rings (SSSR count). The molecule has 0 aliphatic heterocycles. The van der Waals surface area contributed by atoms with E-state index in [0.717, 1.165) is 22.4 Å². The number of carbonyl (C=O) groups is 5. The van der Waals surface area contributed by atoms with Gasteiger partial charge < -0.3 is 20.4 Å². The second kappa shape index (κ2) is 27.9. The maximum Gasteiger partial charge on any atom is 0.340 e. The van der Waals surface area contributed by atoms with Crippen LogP contribution in [-0.4, -0.2) is 84.8 Å². The predicted octanol–water partition coefficient (Wildman–Crippen LogP) is 12.5. The number of aromatic carboxylic acids is 4. The second-order valence-electron chi connectivity index (χ2n) is 17.6. The number of ketones is 1. The standard InChI is InChI=1S/C14H11FO2.C14H13NO.C13H10FNO2.C11H9FN2O2.C10H6N4O2/c1-9-7-8-11(10-5-3-2-4-6-10)12(13(9)15)14(16)17;1-10-6-7-12(13(9-10)11(2)16)14-5-3-4-8-15-14;1-8-5-6-9(10-4-2-3-7-15-10)11(12(8)14)13(16)17;1-7-3-4-8(14-6-2-5-13-14)9(10(7)12)11(15)16;11-6-7-1-2-9(8(5-7)10(15)16)14-12-3-4-13-14/h2-8H,1H3,(H,16,17);3-9H,1-2H3;2-7H,1H3,(H,16,17);2-6H,1H3,(H,15,16);1-5H,(H,15,16). The lowest BCUT2D eigenvalue weighted by Crippen LogP contribution is -2.09. The summed E-state index contributed by atoms with van der Waals surface area (Å²) in [5.41, 5.74) is 6.23. The van der Waals surface area contributed by atoms with Crippen LogP contribution in [0.25, 0.3) is 45.0 Å². The van der Waals surface area contributed by atoms with Crippen LogP contribution in [0.5, 0.6) is 0 Å². The smallest absolute Gasteiger partial charge is 0.340 e. The third kappa shape index (κ3) is 14.9. The highest BCUT2D eigenvalue weighted by atomic mass is 19.1. The van der Waals surface area contributed by atoms with Crippen LogP contribution in [0.1, 0.15) is 86.5 Å². The number of benzene rings is 6. The average molecular weight is 1110 g/mol. The van der Waals surface area contributed by atoms with Crippen molar-refractivity contribution in [2.45, 2.75) is 34.6 Å². The molecule has 20 heteroatoms. The summed E-state index contributed by atoms with van der Waals surface area (Å²) in [6, 6.07) is 42.8. The van der Waals surface area contributed by atoms with Gasteiger partial charge in [-0.1, -0.05) is 90.5 Å². The largest absolute Gasteiger partial charge is 0.478 e. The van der Waals surface area contributed by atoms with Crippen LogP contribution in [0.3, 0.4) is 0 Å². The van der Waals surface area contributed by atoms with Crippen molar-refractivity contribution in [1.29, 1.82) is 5.26 Å². The van der Waals surface area contributed by atoms with Crippen molar-refractivity contribution < 1.29 is 57.6 Å². The molecule has 4 N–H and O–H groups in total. The number of aromatic nitrogens is 7. The molecule has 4 heterocycles. The number of nitriles is 1. The van der Waals surface area contributed by atoms with Crippen LogP contribution < -0.4 is 0 Å². The molecule has 0 saturated heterocycles. The minimum absolute atomic E-state index is 0.00440. The number of Topliss-reactive ketones (excluding diaryl/α,β-unsaturated/α-hetero) is 1. The van der Waals surface area contributed by atoms with E-state index >= 15 is 0 Å². The Labute approximate surface area is 467 Å². The molecule has 0 atom stereocenters. The summed E-state index contributed by atoms with van der Waals surface area (Å²) in [5, 5.41) is 56.4. The Bertz CT molecular complexity index is 3850. The van der Waals surface area contributed by atoms with E-state index in [9.17, 15) is 37.1 Å². The fourth-order valence-corrected chi connectivity index (χ4v) is 7.83. The number of hydrogen-bond donors (Lipinski definition) is 4. The fourth-order valence-electron chi connectivity index (χ4n) is 7.83. The number of pyridine rings is 2. The van der Waals surface area contributed by atoms with Crippen molar-refractivity contribution >= 4 is 29.7 Å². The molecule has 0 spiro atoms. The topological polar surface area (TPSA) is 264 Å². The molecule has 10 aromatic rings. The molecule has 0 amide bonds. The summed E-state index contributed by atoms with van der Waals surface area (Å²) in [5.74, 6) is -6.97. The van der Waals surface area contributed by atoms with E-state index < -0.39 is 41.3 Å². The van der Waals surface area contributed by atoms with Gasteiger partial charge in [0.15, 0.2) is 5.78 Å². The predicted molar refractivity (Wildman–Crippen MR) is 298 cm³/mol. The summed E-state index contributed by atoms with van der Waals surface area (Å²) in [6.07, 6.45) is 9.24. The van der Waals surface area contributed by atoms with Crippen molar-refractivity contribution in [1.82, 2.24) is 34.7 Å². The van der Waals surface area contributed by atoms with E-state index in [1.807, 2.05) is 55.5 Å². The molecule has 412 valence electrons. The second-order valence-corrected chi connectivity index (χ2v) is 17.6. The summed E-state index contributed by atoms with van der Waals surface area (Å²) in [6.45, 7) is 8.17. The van der Waals surface area contributed by atoms with Gasteiger partial charge in [0.05, 0.1) is 46.7 Å². The lowest BCUT2D eigenvalue weighted by Gasteiger charge is -2.09. The maximum absolute atomic E-state index is 13.8. The molecule has 0 radical (unpaired) electrons. The maximum atomic E-state index is 13.8. The van der Waals surface area contributed by atoms with Crippen LogP contribution in [0.15, 0.2) is 183 Å². The van der Waals surface area contributed by atoms with Crippen LogP contribution in [0.4, 0.5) is 13.2 Å². The van der Waals surface area contributed by atoms with E-state index in [-0.39, 0.29) is 39.3 Å². The molecule has 0 unspecified atom stereocenters. The number of carboxylic acids is 4. The zero-order valence-corrected chi connectivity index (χ0v) is 44.4. The normalized spacial score (nSPS) is 10.1. The van der Waals surface area contributed by atoms with Gasteiger partial charge in [-0.15, -0.1) is 0 Å². The number of aryl methyl sites for hydroxylation is 4. The van der Waals surface area contributed by atoms with E-state index in [0.29, 0.717) is 44.8 Å². The van der Waals surface area contributed by atoms with Gasteiger partial charge >= 0.3 is 23.9 Å². The summed E-state index contributed by atoms with van der Waals surface area (Å²) < 4.78 is 42.6. The minimum atomic E-state index is -1.30. The van der Waals surface area contributed by atoms with Gasteiger partial charge in [0, 0.05) is 41.5 Å². The summed E-state index contributed by atoms with van der Waals surface area (Å²) in [4.78, 5) is 65.3. The molecule has 0 bridgehead atoms. The zero-order valence-electron chi connectivity index (χ0n) is 44.4. The van der Waals surface area contributed by atoms with Crippen molar-refractivity contribution in [2.75, 3.05) is 0 Å². The molecule has 6 aromatic carbocycles. The zero-order chi connectivity index (χ0) is 59.6. The molecule has 4 aromatic heterocycles. The Morgan fingerprint density at radius 3 is 1.48 bits per heavy atom. The first-order chi connectivity index (χ1) is 39.2. The lowest BCUT2D eigenvalue weighted by atomic mass is 9.97. The third-order valence-corrected chi connectivity index (χ3v) is 11.9. The number of rotatable bonds is 10. The van der Waals surface area contributed by atoms with E-state index in [2.05, 4.69) is 25.3 Å². The highest BCUT2D eigenvalue weighted by molar-refractivity contribution is 6.01. The number of carboxylic acid groups (broad SMARTS) is 4. The van der Waals surface area contributed by atoms with Gasteiger partial charge in [-0.05, 0) is 123 Å². The van der Waals surface area contributed by atoms with Crippen LogP contribution in [-0.2, 0) is 0 Å². The van der Waals surface area contributed by atoms with Crippen LogP contribution >= 0.6 is 0 Å². The SMILES string of the molecule is CC(=O)c1cc(C)ccc1-c1ccccn1.Cc1ccc(-c2ccccc2)c(C(=O)O)c1F.Cc1ccc(-c2ccccn2)c(C(=O)O)c1F.Cc1ccc(-n2cccn2)c(C(=O)O)c1F.N#Cc1ccc(-n2nccn2)c(C(=O)O)c1. The Kier molecular flexibility index (Phi) is 20.4. The molecular weight excluding hydrogens is 1060 g/mol. The molecule has 82 heavy (non-hydrogen) atoms. The van der Waals surface area contributed by atoms with Gasteiger partial charge in [0.1, 0.15) is 39.8 Å². The number of halogens is 3. The summed E-state index contributed by atoms with van der Waals surface area (Å²) in [7, 11) is 0. The Morgan fingerprint density at radius 2 is 0.976 bits per heavy atom. The molecule has 0 aliphatic rings. The quantitative estimate of drug-likeness (QED) is 0.0928. The highest BCUT2D eigenvalue weighted by Crippen LogP contribution is 2.29.